The van der Waals surface area contributed by atoms with E-state index in [1.165, 1.54) is 0 Å². The van der Waals surface area contributed by atoms with Crippen molar-refractivity contribution in [3.05, 3.63) is 65.4 Å². The molecule has 0 aliphatic rings. The number of phenols is 1. The van der Waals surface area contributed by atoms with Crippen LogP contribution in [-0.4, -0.2) is 21.2 Å². The Morgan fingerprint density at radius 1 is 1.09 bits per heavy atom. The number of H-pyrrole nitrogens is 1. The van der Waals surface area contributed by atoms with Crippen molar-refractivity contribution in [2.45, 2.75) is 13.8 Å². The van der Waals surface area contributed by atoms with Gasteiger partial charge in [-0.1, -0.05) is 30.3 Å². The van der Waals surface area contributed by atoms with Crippen LogP contribution in [0.4, 0.5) is 5.69 Å². The van der Waals surface area contributed by atoms with Crippen LogP contribution in [0.3, 0.4) is 0 Å². The first-order valence-corrected chi connectivity index (χ1v) is 7.27. The Bertz CT molecular complexity index is 848. The van der Waals surface area contributed by atoms with E-state index in [1.807, 2.05) is 32.0 Å². The summed E-state index contributed by atoms with van der Waals surface area (Å²) in [4.78, 5) is 12.4. The van der Waals surface area contributed by atoms with E-state index in [2.05, 4.69) is 15.5 Å². The van der Waals surface area contributed by atoms with Gasteiger partial charge in [0.05, 0.1) is 5.69 Å². The highest BCUT2D eigenvalue weighted by Crippen LogP contribution is 2.27. The van der Waals surface area contributed by atoms with Gasteiger partial charge in [0, 0.05) is 11.3 Å². The Morgan fingerprint density at radius 2 is 1.78 bits per heavy atom. The third kappa shape index (κ3) is 2.94. The largest absolute Gasteiger partial charge is 0.507 e. The third-order valence-corrected chi connectivity index (χ3v) is 3.72. The average molecular weight is 307 g/mol. The Labute approximate surface area is 134 Å². The third-order valence-electron chi connectivity index (χ3n) is 3.72. The molecule has 2 aromatic carbocycles. The molecule has 0 unspecified atom stereocenters. The zero-order chi connectivity index (χ0) is 16.4. The van der Waals surface area contributed by atoms with E-state index in [4.69, 9.17) is 0 Å². The van der Waals surface area contributed by atoms with Crippen LogP contribution in [0.5, 0.6) is 5.75 Å². The molecule has 3 aromatic rings. The molecular formula is C18H17N3O2. The number of carbonyl (C=O) groups is 1. The van der Waals surface area contributed by atoms with Crippen LogP contribution >= 0.6 is 0 Å². The second-order valence-corrected chi connectivity index (χ2v) is 5.40. The number of benzene rings is 2. The number of hydrogen-bond acceptors (Lipinski definition) is 3. The molecular weight excluding hydrogens is 290 g/mol. The first kappa shape index (κ1) is 14.8. The lowest BCUT2D eigenvalue weighted by Gasteiger charge is -2.10. The van der Waals surface area contributed by atoms with Crippen LogP contribution in [0.2, 0.25) is 0 Å². The van der Waals surface area contributed by atoms with Gasteiger partial charge in [0.1, 0.15) is 11.4 Å². The zero-order valence-electron chi connectivity index (χ0n) is 12.9. The monoisotopic (exact) mass is 307 g/mol. The molecule has 1 amide bonds. The fraction of sp³-hybridized carbons (Fsp3) is 0.111. The second kappa shape index (κ2) is 5.96. The molecule has 0 fully saturated rings. The maximum atomic E-state index is 12.4. The van der Waals surface area contributed by atoms with Gasteiger partial charge in [0.25, 0.3) is 5.91 Å². The number of amides is 1. The van der Waals surface area contributed by atoms with E-state index in [-0.39, 0.29) is 11.7 Å². The van der Waals surface area contributed by atoms with Crippen LogP contribution in [0, 0.1) is 13.8 Å². The molecule has 0 spiro atoms. The first-order chi connectivity index (χ1) is 11.1. The lowest BCUT2D eigenvalue weighted by molar-refractivity contribution is 0.102. The topological polar surface area (TPSA) is 78.0 Å². The number of nitrogens with zero attached hydrogens (tertiary/aromatic N) is 1. The molecule has 5 nitrogen and oxygen atoms in total. The lowest BCUT2D eigenvalue weighted by Crippen LogP contribution is -2.14. The van der Waals surface area contributed by atoms with E-state index in [0.717, 1.165) is 16.8 Å². The van der Waals surface area contributed by atoms with Crippen molar-refractivity contribution in [2.24, 2.45) is 0 Å². The van der Waals surface area contributed by atoms with Crippen molar-refractivity contribution >= 4 is 11.6 Å². The molecule has 1 heterocycles. The van der Waals surface area contributed by atoms with Gasteiger partial charge in [-0.25, -0.2) is 0 Å². The van der Waals surface area contributed by atoms with Gasteiger partial charge in [-0.15, -0.1) is 0 Å². The standard InChI is InChI=1S/C18H17N3O2/c1-11-6-5-7-12(2)17(11)19-18(23)15-10-14(20-21-15)13-8-3-4-9-16(13)22/h3-10,22H,1-2H3,(H,19,23)(H,20,21). The molecule has 0 bridgehead atoms. The maximum absolute atomic E-state index is 12.4. The van der Waals surface area contributed by atoms with Crippen molar-refractivity contribution in [1.82, 2.24) is 10.2 Å². The van der Waals surface area contributed by atoms with Crippen LogP contribution in [0.15, 0.2) is 48.5 Å². The van der Waals surface area contributed by atoms with Crippen LogP contribution in [0.1, 0.15) is 21.6 Å². The summed E-state index contributed by atoms with van der Waals surface area (Å²) in [5, 5.41) is 19.6. The summed E-state index contributed by atoms with van der Waals surface area (Å²) in [6.07, 6.45) is 0. The molecule has 1 aromatic heterocycles. The molecule has 0 radical (unpaired) electrons. The van der Waals surface area contributed by atoms with Gasteiger partial charge < -0.3 is 10.4 Å². The van der Waals surface area contributed by atoms with Gasteiger partial charge in [-0.05, 0) is 43.2 Å². The van der Waals surface area contributed by atoms with Crippen molar-refractivity contribution in [3.8, 4) is 17.0 Å². The molecule has 3 N–H and O–H groups in total. The summed E-state index contributed by atoms with van der Waals surface area (Å²) >= 11 is 0. The maximum Gasteiger partial charge on any atom is 0.273 e. The number of phenolic OH excluding ortho intramolecular Hbond substituents is 1. The molecule has 23 heavy (non-hydrogen) atoms. The van der Waals surface area contributed by atoms with E-state index in [9.17, 15) is 9.90 Å². The van der Waals surface area contributed by atoms with E-state index < -0.39 is 0 Å². The highest BCUT2D eigenvalue weighted by atomic mass is 16.3. The highest BCUT2D eigenvalue weighted by Gasteiger charge is 2.14. The molecule has 0 aliphatic carbocycles. The van der Waals surface area contributed by atoms with Crippen molar-refractivity contribution in [2.75, 3.05) is 5.32 Å². The van der Waals surface area contributed by atoms with Crippen LogP contribution in [0.25, 0.3) is 11.3 Å². The SMILES string of the molecule is Cc1cccc(C)c1NC(=O)c1cc(-c2ccccc2O)n[nH]1. The molecule has 116 valence electrons. The Morgan fingerprint density at radius 3 is 2.48 bits per heavy atom. The Kier molecular flexibility index (Phi) is 3.85. The minimum atomic E-state index is -0.267. The summed E-state index contributed by atoms with van der Waals surface area (Å²) < 4.78 is 0. The zero-order valence-corrected chi connectivity index (χ0v) is 12.9. The number of nitrogens with one attached hydrogen (secondary N) is 2. The second-order valence-electron chi connectivity index (χ2n) is 5.40. The summed E-state index contributed by atoms with van der Waals surface area (Å²) in [6.45, 7) is 3.89. The predicted molar refractivity (Wildman–Crippen MR) is 89.6 cm³/mol. The van der Waals surface area contributed by atoms with Gasteiger partial charge in [0.2, 0.25) is 0 Å². The highest BCUT2D eigenvalue weighted by molar-refractivity contribution is 6.04. The molecule has 3 rings (SSSR count). The smallest absolute Gasteiger partial charge is 0.273 e. The number of aromatic amines is 1. The van der Waals surface area contributed by atoms with Crippen molar-refractivity contribution in [3.63, 3.8) is 0 Å². The molecule has 5 heteroatoms. The van der Waals surface area contributed by atoms with Gasteiger partial charge in [-0.3, -0.25) is 9.89 Å². The summed E-state index contributed by atoms with van der Waals surface area (Å²) in [6, 6.07) is 14.3. The number of carbonyl (C=O) groups excluding carboxylic acids is 1. The van der Waals surface area contributed by atoms with Crippen molar-refractivity contribution in [1.29, 1.82) is 0 Å². The lowest BCUT2D eigenvalue weighted by atomic mass is 10.1. The number of rotatable bonds is 3. The van der Waals surface area contributed by atoms with Crippen molar-refractivity contribution < 1.29 is 9.90 Å². The van der Waals surface area contributed by atoms with E-state index in [0.29, 0.717) is 17.0 Å². The number of para-hydroxylation sites is 2. The number of anilines is 1. The minimum Gasteiger partial charge on any atom is -0.507 e. The number of aromatic hydroxyl groups is 1. The number of hydrogen-bond donors (Lipinski definition) is 3. The van der Waals surface area contributed by atoms with Crippen LogP contribution in [-0.2, 0) is 0 Å². The fourth-order valence-corrected chi connectivity index (χ4v) is 2.46. The summed E-state index contributed by atoms with van der Waals surface area (Å²) in [5.74, 6) is -0.141. The average Bonchev–Trinajstić information content (AvgIpc) is 3.01. The fourth-order valence-electron chi connectivity index (χ4n) is 2.46. The Hall–Kier alpha value is -3.08. The first-order valence-electron chi connectivity index (χ1n) is 7.27. The van der Waals surface area contributed by atoms with Gasteiger partial charge in [-0.2, -0.15) is 5.10 Å². The quantitative estimate of drug-likeness (QED) is 0.691. The summed E-state index contributed by atoms with van der Waals surface area (Å²) in [5.41, 5.74) is 4.24. The van der Waals surface area contributed by atoms with E-state index in [1.54, 1.807) is 30.3 Å². The minimum absolute atomic E-state index is 0.126. The summed E-state index contributed by atoms with van der Waals surface area (Å²) in [7, 11) is 0. The molecule has 0 saturated heterocycles. The van der Waals surface area contributed by atoms with Gasteiger partial charge >= 0.3 is 0 Å². The van der Waals surface area contributed by atoms with E-state index >= 15 is 0 Å². The molecule has 0 aliphatic heterocycles. The predicted octanol–water partition coefficient (Wildman–Crippen LogP) is 3.65. The number of aryl methyl sites for hydroxylation is 2. The molecule has 0 atom stereocenters. The molecule has 0 saturated carbocycles. The normalized spacial score (nSPS) is 10.5. The van der Waals surface area contributed by atoms with Crippen LogP contribution < -0.4 is 5.32 Å². The van der Waals surface area contributed by atoms with Gasteiger partial charge in [0.15, 0.2) is 0 Å². The Balaban J connectivity index is 1.86. The number of aromatic nitrogens is 2.